The number of carbonyl (C=O) groups excluding carboxylic acids is 2. The van der Waals surface area contributed by atoms with Crippen molar-refractivity contribution in [1.82, 2.24) is 10.2 Å². The van der Waals surface area contributed by atoms with Crippen LogP contribution in [0.2, 0.25) is 0 Å². The molecule has 0 bridgehead atoms. The molecule has 1 aliphatic heterocycles. The van der Waals surface area contributed by atoms with Gasteiger partial charge < -0.3 is 19.7 Å². The van der Waals surface area contributed by atoms with E-state index < -0.39 is 12.1 Å². The molecule has 23 heavy (non-hydrogen) atoms. The average molecular weight is 320 g/mol. The van der Waals surface area contributed by atoms with Crippen molar-refractivity contribution in [3.63, 3.8) is 0 Å². The Morgan fingerprint density at radius 3 is 2.74 bits per heavy atom. The van der Waals surface area contributed by atoms with Gasteiger partial charge in [-0.25, -0.2) is 0 Å². The maximum atomic E-state index is 12.4. The lowest BCUT2D eigenvalue weighted by Crippen LogP contribution is -2.53. The maximum Gasteiger partial charge on any atom is 0.251 e. The standard InChI is InChI=1S/C17H24N2O4/c1-12-5-7-13(8-6-12)15-16(23-11-14(20)19(15)2)17(21)18-9-4-10-22-3/h5-8,15-16H,4,9-11H2,1-3H3,(H,18,21)/t15-,16+/m0/s1. The van der Waals surface area contributed by atoms with Crippen LogP contribution < -0.4 is 5.32 Å². The summed E-state index contributed by atoms with van der Waals surface area (Å²) in [5, 5.41) is 2.85. The summed E-state index contributed by atoms with van der Waals surface area (Å²) in [4.78, 5) is 26.0. The zero-order chi connectivity index (χ0) is 16.8. The number of nitrogens with zero attached hydrogens (tertiary/aromatic N) is 1. The number of methoxy groups -OCH3 is 1. The minimum atomic E-state index is -0.706. The van der Waals surface area contributed by atoms with Crippen LogP contribution in [-0.4, -0.2) is 56.7 Å². The third-order valence-corrected chi connectivity index (χ3v) is 3.99. The van der Waals surface area contributed by atoms with Crippen LogP contribution in [-0.2, 0) is 19.1 Å². The van der Waals surface area contributed by atoms with Crippen LogP contribution in [0.4, 0.5) is 0 Å². The van der Waals surface area contributed by atoms with Gasteiger partial charge in [0, 0.05) is 27.3 Å². The highest BCUT2D eigenvalue weighted by molar-refractivity contribution is 5.86. The summed E-state index contributed by atoms with van der Waals surface area (Å²) in [5.74, 6) is -0.329. The minimum absolute atomic E-state index is 0.0744. The van der Waals surface area contributed by atoms with E-state index in [0.29, 0.717) is 13.2 Å². The molecule has 0 aromatic heterocycles. The lowest BCUT2D eigenvalue weighted by atomic mass is 9.96. The second-order valence-corrected chi connectivity index (χ2v) is 5.73. The number of rotatable bonds is 6. The summed E-state index contributed by atoms with van der Waals surface area (Å²) in [6.45, 7) is 3.03. The number of amides is 2. The molecule has 0 aliphatic carbocycles. The molecule has 1 N–H and O–H groups in total. The van der Waals surface area contributed by atoms with E-state index in [9.17, 15) is 9.59 Å². The first-order valence-corrected chi connectivity index (χ1v) is 7.75. The van der Waals surface area contributed by atoms with Gasteiger partial charge in [0.15, 0.2) is 6.10 Å². The van der Waals surface area contributed by atoms with Crippen molar-refractivity contribution in [2.75, 3.05) is 33.9 Å². The van der Waals surface area contributed by atoms with Gasteiger partial charge in [-0.05, 0) is 18.9 Å². The Balaban J connectivity index is 2.13. The van der Waals surface area contributed by atoms with Gasteiger partial charge >= 0.3 is 0 Å². The Kier molecular flexibility index (Phi) is 6.12. The fourth-order valence-corrected chi connectivity index (χ4v) is 2.62. The molecule has 0 spiro atoms. The summed E-state index contributed by atoms with van der Waals surface area (Å²) in [6, 6.07) is 7.39. The molecule has 2 amide bonds. The lowest BCUT2D eigenvalue weighted by molar-refractivity contribution is -0.162. The Hall–Kier alpha value is -1.92. The highest BCUT2D eigenvalue weighted by Crippen LogP contribution is 2.29. The van der Waals surface area contributed by atoms with Crippen LogP contribution in [0.3, 0.4) is 0 Å². The maximum absolute atomic E-state index is 12.4. The van der Waals surface area contributed by atoms with Gasteiger partial charge in [-0.2, -0.15) is 0 Å². The van der Waals surface area contributed by atoms with E-state index in [-0.39, 0.29) is 18.4 Å². The molecule has 1 aromatic rings. The molecule has 1 fully saturated rings. The van der Waals surface area contributed by atoms with Crippen molar-refractivity contribution in [3.8, 4) is 0 Å². The van der Waals surface area contributed by atoms with E-state index in [4.69, 9.17) is 9.47 Å². The van der Waals surface area contributed by atoms with E-state index in [0.717, 1.165) is 17.5 Å². The van der Waals surface area contributed by atoms with E-state index >= 15 is 0 Å². The second kappa shape index (κ2) is 8.08. The summed E-state index contributed by atoms with van der Waals surface area (Å²) in [7, 11) is 3.33. The molecule has 126 valence electrons. The summed E-state index contributed by atoms with van der Waals surface area (Å²) >= 11 is 0. The molecule has 6 heteroatoms. The molecule has 1 aromatic carbocycles. The molecule has 6 nitrogen and oxygen atoms in total. The van der Waals surface area contributed by atoms with Gasteiger partial charge in [0.25, 0.3) is 5.91 Å². The van der Waals surface area contributed by atoms with E-state index in [1.165, 1.54) is 0 Å². The van der Waals surface area contributed by atoms with Crippen LogP contribution >= 0.6 is 0 Å². The van der Waals surface area contributed by atoms with Crippen molar-refractivity contribution < 1.29 is 19.1 Å². The number of hydrogen-bond donors (Lipinski definition) is 1. The van der Waals surface area contributed by atoms with Crippen molar-refractivity contribution in [3.05, 3.63) is 35.4 Å². The number of likely N-dealkylation sites (N-methyl/N-ethyl adjacent to an activating group) is 1. The molecule has 2 atom stereocenters. The number of ether oxygens (including phenoxy) is 2. The first-order chi connectivity index (χ1) is 11.0. The van der Waals surface area contributed by atoms with Crippen molar-refractivity contribution >= 4 is 11.8 Å². The topological polar surface area (TPSA) is 67.9 Å². The Labute approximate surface area is 136 Å². The normalized spacial score (nSPS) is 21.3. The summed E-state index contributed by atoms with van der Waals surface area (Å²) in [6.07, 6.45) is 0.0294. The lowest BCUT2D eigenvalue weighted by Gasteiger charge is -2.38. The van der Waals surface area contributed by atoms with Crippen LogP contribution in [0.1, 0.15) is 23.6 Å². The summed E-state index contributed by atoms with van der Waals surface area (Å²) in [5.41, 5.74) is 2.02. The molecule has 1 saturated heterocycles. The smallest absolute Gasteiger partial charge is 0.251 e. The number of hydrogen-bond acceptors (Lipinski definition) is 4. The highest BCUT2D eigenvalue weighted by Gasteiger charge is 2.39. The number of aryl methyl sites for hydroxylation is 1. The van der Waals surface area contributed by atoms with Gasteiger partial charge in [-0.15, -0.1) is 0 Å². The van der Waals surface area contributed by atoms with Gasteiger partial charge in [0.1, 0.15) is 6.61 Å². The van der Waals surface area contributed by atoms with Gasteiger partial charge in [0.05, 0.1) is 6.04 Å². The van der Waals surface area contributed by atoms with E-state index in [1.54, 1.807) is 19.1 Å². The minimum Gasteiger partial charge on any atom is -0.385 e. The average Bonchev–Trinajstić information content (AvgIpc) is 2.55. The third-order valence-electron chi connectivity index (χ3n) is 3.99. The molecule has 1 aliphatic rings. The number of morpholine rings is 1. The molecule has 2 rings (SSSR count). The van der Waals surface area contributed by atoms with Crippen molar-refractivity contribution in [2.24, 2.45) is 0 Å². The fourth-order valence-electron chi connectivity index (χ4n) is 2.62. The predicted molar refractivity (Wildman–Crippen MR) is 85.9 cm³/mol. The van der Waals surface area contributed by atoms with Crippen LogP contribution in [0.5, 0.6) is 0 Å². The van der Waals surface area contributed by atoms with Crippen LogP contribution in [0.15, 0.2) is 24.3 Å². The van der Waals surface area contributed by atoms with Crippen molar-refractivity contribution in [2.45, 2.75) is 25.5 Å². The summed E-state index contributed by atoms with van der Waals surface area (Å²) < 4.78 is 10.5. The van der Waals surface area contributed by atoms with E-state index in [1.807, 2.05) is 31.2 Å². The monoisotopic (exact) mass is 320 g/mol. The zero-order valence-electron chi connectivity index (χ0n) is 13.9. The predicted octanol–water partition coefficient (Wildman–Crippen LogP) is 1.05. The van der Waals surface area contributed by atoms with Gasteiger partial charge in [-0.1, -0.05) is 29.8 Å². The Bertz CT molecular complexity index is 544. The molecule has 0 saturated carbocycles. The number of nitrogens with one attached hydrogen (secondary N) is 1. The third kappa shape index (κ3) is 4.30. The fraction of sp³-hybridized carbons (Fsp3) is 0.529. The van der Waals surface area contributed by atoms with Crippen LogP contribution in [0.25, 0.3) is 0 Å². The van der Waals surface area contributed by atoms with Gasteiger partial charge in [0.2, 0.25) is 5.91 Å². The van der Waals surface area contributed by atoms with Gasteiger partial charge in [-0.3, -0.25) is 9.59 Å². The first kappa shape index (κ1) is 17.4. The molecule has 0 unspecified atom stereocenters. The molecular formula is C17H24N2O4. The van der Waals surface area contributed by atoms with E-state index in [2.05, 4.69) is 5.32 Å². The first-order valence-electron chi connectivity index (χ1n) is 7.75. The van der Waals surface area contributed by atoms with Crippen molar-refractivity contribution in [1.29, 1.82) is 0 Å². The second-order valence-electron chi connectivity index (χ2n) is 5.73. The largest absolute Gasteiger partial charge is 0.385 e. The van der Waals surface area contributed by atoms with Crippen LogP contribution in [0, 0.1) is 6.92 Å². The SMILES string of the molecule is COCCCNC(=O)[C@@H]1OCC(=O)N(C)[C@H]1c1ccc(C)cc1. The Morgan fingerprint density at radius 1 is 1.39 bits per heavy atom. The zero-order valence-corrected chi connectivity index (χ0v) is 13.9. The molecule has 1 heterocycles. The quantitative estimate of drug-likeness (QED) is 0.796. The number of benzene rings is 1. The highest BCUT2D eigenvalue weighted by atomic mass is 16.5. The number of carbonyl (C=O) groups is 2. The molecule has 0 radical (unpaired) electrons. The Morgan fingerprint density at radius 2 is 2.09 bits per heavy atom. The molecular weight excluding hydrogens is 296 g/mol.